The van der Waals surface area contributed by atoms with Gasteiger partial charge in [0.25, 0.3) is 0 Å². The standard InChI is InChI=1S/C20H25N5O/c1-12-6-8-16-17(11-12)22-20(21-16)18-5-4-10-25(18)19(26)9-7-15-13(2)23-24-14(15)3/h6,8,11,18H,4-5,7,9-10H2,1-3H3,(H,21,22)(H,23,24)/t18-/m1/s1. The van der Waals surface area contributed by atoms with Crippen molar-refractivity contribution in [1.29, 1.82) is 0 Å². The highest BCUT2D eigenvalue weighted by Gasteiger charge is 2.32. The monoisotopic (exact) mass is 351 g/mol. The van der Waals surface area contributed by atoms with Crippen molar-refractivity contribution in [3.63, 3.8) is 0 Å². The molecule has 3 aromatic rings. The van der Waals surface area contributed by atoms with Gasteiger partial charge in [-0.2, -0.15) is 5.10 Å². The van der Waals surface area contributed by atoms with E-state index < -0.39 is 0 Å². The number of aromatic nitrogens is 4. The van der Waals surface area contributed by atoms with Crippen molar-refractivity contribution in [3.8, 4) is 0 Å². The molecule has 0 bridgehead atoms. The summed E-state index contributed by atoms with van der Waals surface area (Å²) in [7, 11) is 0. The number of aryl methyl sites for hydroxylation is 3. The van der Waals surface area contributed by atoms with Crippen molar-refractivity contribution >= 4 is 16.9 Å². The van der Waals surface area contributed by atoms with E-state index in [4.69, 9.17) is 4.98 Å². The van der Waals surface area contributed by atoms with Gasteiger partial charge in [-0.05, 0) is 63.3 Å². The smallest absolute Gasteiger partial charge is 0.223 e. The van der Waals surface area contributed by atoms with Crippen molar-refractivity contribution < 1.29 is 4.79 Å². The highest BCUT2D eigenvalue weighted by atomic mass is 16.2. The Hall–Kier alpha value is -2.63. The number of fused-ring (bicyclic) bond motifs is 1. The Morgan fingerprint density at radius 2 is 2.15 bits per heavy atom. The zero-order valence-corrected chi connectivity index (χ0v) is 15.6. The molecule has 1 aliphatic rings. The number of aromatic amines is 2. The molecule has 0 aliphatic carbocycles. The summed E-state index contributed by atoms with van der Waals surface area (Å²) >= 11 is 0. The first kappa shape index (κ1) is 16.8. The first-order valence-electron chi connectivity index (χ1n) is 9.29. The second kappa shape index (κ2) is 6.59. The SMILES string of the molecule is Cc1ccc2nc([C@H]3CCCN3C(=O)CCc3c(C)n[nH]c3C)[nH]c2c1. The van der Waals surface area contributed by atoms with Crippen molar-refractivity contribution in [2.75, 3.05) is 6.54 Å². The van der Waals surface area contributed by atoms with Crippen LogP contribution in [0.15, 0.2) is 18.2 Å². The predicted octanol–water partition coefficient (Wildman–Crippen LogP) is 3.51. The summed E-state index contributed by atoms with van der Waals surface area (Å²) in [5.74, 6) is 1.11. The second-order valence-corrected chi connectivity index (χ2v) is 7.30. The lowest BCUT2D eigenvalue weighted by Gasteiger charge is -2.23. The normalized spacial score (nSPS) is 17.3. The number of carbonyl (C=O) groups excluding carboxylic acids is 1. The molecule has 6 heteroatoms. The number of rotatable bonds is 4. The van der Waals surface area contributed by atoms with Crippen LogP contribution in [0.2, 0.25) is 0 Å². The summed E-state index contributed by atoms with van der Waals surface area (Å²) in [6.07, 6.45) is 3.23. The molecule has 1 amide bonds. The fourth-order valence-corrected chi connectivity index (χ4v) is 3.97. The highest BCUT2D eigenvalue weighted by Crippen LogP contribution is 2.32. The Balaban J connectivity index is 1.51. The van der Waals surface area contributed by atoms with E-state index in [2.05, 4.69) is 34.2 Å². The van der Waals surface area contributed by atoms with Gasteiger partial charge < -0.3 is 9.88 Å². The van der Waals surface area contributed by atoms with Crippen LogP contribution in [0.4, 0.5) is 0 Å². The maximum Gasteiger partial charge on any atom is 0.223 e. The molecule has 0 spiro atoms. The maximum absolute atomic E-state index is 12.9. The van der Waals surface area contributed by atoms with Gasteiger partial charge in [0.15, 0.2) is 0 Å². The minimum absolute atomic E-state index is 0.0572. The number of imidazole rings is 1. The first-order chi connectivity index (χ1) is 12.5. The molecule has 0 radical (unpaired) electrons. The number of amides is 1. The molecule has 3 heterocycles. The van der Waals surface area contributed by atoms with Gasteiger partial charge in [-0.15, -0.1) is 0 Å². The molecule has 0 unspecified atom stereocenters. The van der Waals surface area contributed by atoms with Gasteiger partial charge in [-0.25, -0.2) is 4.98 Å². The van der Waals surface area contributed by atoms with Crippen LogP contribution in [0.3, 0.4) is 0 Å². The second-order valence-electron chi connectivity index (χ2n) is 7.30. The number of hydrogen-bond donors (Lipinski definition) is 2. The average molecular weight is 351 g/mol. The molecule has 4 rings (SSSR count). The molecule has 136 valence electrons. The first-order valence-corrected chi connectivity index (χ1v) is 9.29. The summed E-state index contributed by atoms with van der Waals surface area (Å²) < 4.78 is 0. The van der Waals surface area contributed by atoms with E-state index >= 15 is 0 Å². The lowest BCUT2D eigenvalue weighted by atomic mass is 10.1. The largest absolute Gasteiger partial charge is 0.340 e. The highest BCUT2D eigenvalue weighted by molar-refractivity contribution is 5.78. The van der Waals surface area contributed by atoms with Gasteiger partial charge in [0, 0.05) is 18.7 Å². The molecule has 26 heavy (non-hydrogen) atoms. The molecule has 0 saturated carbocycles. The summed E-state index contributed by atoms with van der Waals surface area (Å²) in [6.45, 7) is 6.88. The van der Waals surface area contributed by atoms with Crippen LogP contribution in [-0.2, 0) is 11.2 Å². The fourth-order valence-electron chi connectivity index (χ4n) is 3.97. The van der Waals surface area contributed by atoms with Gasteiger partial charge in [-0.3, -0.25) is 9.89 Å². The molecule has 1 aromatic carbocycles. The molecular weight excluding hydrogens is 326 g/mol. The van der Waals surface area contributed by atoms with Crippen LogP contribution in [0, 0.1) is 20.8 Å². The van der Waals surface area contributed by atoms with E-state index in [1.54, 1.807) is 0 Å². The van der Waals surface area contributed by atoms with E-state index in [9.17, 15) is 4.79 Å². The predicted molar refractivity (Wildman–Crippen MR) is 101 cm³/mol. The summed E-state index contributed by atoms with van der Waals surface area (Å²) in [4.78, 5) is 23.0. The van der Waals surface area contributed by atoms with E-state index in [-0.39, 0.29) is 11.9 Å². The lowest BCUT2D eigenvalue weighted by molar-refractivity contribution is -0.132. The summed E-state index contributed by atoms with van der Waals surface area (Å²) in [6, 6.07) is 6.27. The van der Waals surface area contributed by atoms with Crippen molar-refractivity contribution in [2.45, 2.75) is 52.5 Å². The Bertz CT molecular complexity index is 935. The van der Waals surface area contributed by atoms with Gasteiger partial charge in [-0.1, -0.05) is 6.07 Å². The topological polar surface area (TPSA) is 77.7 Å². The number of nitrogens with zero attached hydrogens (tertiary/aromatic N) is 3. The number of carbonyl (C=O) groups is 1. The number of likely N-dealkylation sites (tertiary alicyclic amines) is 1. The van der Waals surface area contributed by atoms with Crippen LogP contribution in [0.1, 0.15) is 53.6 Å². The van der Waals surface area contributed by atoms with Gasteiger partial charge in [0.2, 0.25) is 5.91 Å². The van der Waals surface area contributed by atoms with Crippen molar-refractivity contribution in [2.24, 2.45) is 0 Å². The van der Waals surface area contributed by atoms with Gasteiger partial charge >= 0.3 is 0 Å². The van der Waals surface area contributed by atoms with E-state index in [0.717, 1.165) is 59.6 Å². The fraction of sp³-hybridized carbons (Fsp3) is 0.450. The lowest BCUT2D eigenvalue weighted by Crippen LogP contribution is -2.31. The van der Waals surface area contributed by atoms with Crippen LogP contribution in [0.5, 0.6) is 0 Å². The number of hydrogen-bond acceptors (Lipinski definition) is 3. The summed E-state index contributed by atoms with van der Waals surface area (Å²) in [5.41, 5.74) is 6.42. The van der Waals surface area contributed by atoms with E-state index in [1.807, 2.05) is 24.8 Å². The van der Waals surface area contributed by atoms with Crippen LogP contribution < -0.4 is 0 Å². The van der Waals surface area contributed by atoms with Gasteiger partial charge in [0.1, 0.15) is 5.82 Å². The molecule has 1 fully saturated rings. The molecular formula is C20H25N5O. The van der Waals surface area contributed by atoms with Crippen LogP contribution in [0.25, 0.3) is 11.0 Å². The molecule has 1 saturated heterocycles. The quantitative estimate of drug-likeness (QED) is 0.755. The molecule has 2 aromatic heterocycles. The molecule has 6 nitrogen and oxygen atoms in total. The zero-order chi connectivity index (χ0) is 18.3. The zero-order valence-electron chi connectivity index (χ0n) is 15.6. The third kappa shape index (κ3) is 3.00. The van der Waals surface area contributed by atoms with Crippen LogP contribution >= 0.6 is 0 Å². The van der Waals surface area contributed by atoms with Gasteiger partial charge in [0.05, 0.1) is 22.8 Å². The molecule has 2 N–H and O–H groups in total. The minimum atomic E-state index is 0.0572. The Kier molecular flexibility index (Phi) is 4.26. The number of nitrogens with one attached hydrogen (secondary N) is 2. The third-order valence-electron chi connectivity index (χ3n) is 5.41. The Morgan fingerprint density at radius 3 is 2.92 bits per heavy atom. The van der Waals surface area contributed by atoms with Crippen LogP contribution in [-0.4, -0.2) is 37.5 Å². The van der Waals surface area contributed by atoms with E-state index in [1.165, 1.54) is 5.56 Å². The Labute approximate surface area is 153 Å². The summed E-state index contributed by atoms with van der Waals surface area (Å²) in [5, 5.41) is 7.21. The molecule has 1 aliphatic heterocycles. The number of benzene rings is 1. The Morgan fingerprint density at radius 1 is 1.31 bits per heavy atom. The minimum Gasteiger partial charge on any atom is -0.340 e. The average Bonchev–Trinajstić information content (AvgIpc) is 3.31. The van der Waals surface area contributed by atoms with Crippen molar-refractivity contribution in [3.05, 3.63) is 46.5 Å². The maximum atomic E-state index is 12.9. The van der Waals surface area contributed by atoms with Crippen molar-refractivity contribution in [1.82, 2.24) is 25.1 Å². The molecule has 1 atom stereocenters. The third-order valence-corrected chi connectivity index (χ3v) is 5.41. The number of H-pyrrole nitrogens is 2. The van der Waals surface area contributed by atoms with E-state index in [0.29, 0.717) is 6.42 Å².